The summed E-state index contributed by atoms with van der Waals surface area (Å²) in [7, 11) is 0. The van der Waals surface area contributed by atoms with E-state index in [0.717, 1.165) is 31.5 Å². The van der Waals surface area contributed by atoms with E-state index in [1.807, 2.05) is 6.07 Å². The summed E-state index contributed by atoms with van der Waals surface area (Å²) >= 11 is 0. The van der Waals surface area contributed by atoms with Crippen molar-refractivity contribution in [3.63, 3.8) is 0 Å². The second-order valence-corrected chi connectivity index (χ2v) is 8.03. The molecule has 1 atom stereocenters. The van der Waals surface area contributed by atoms with Gasteiger partial charge in [0.1, 0.15) is 23.5 Å². The second-order valence-electron chi connectivity index (χ2n) is 8.03. The van der Waals surface area contributed by atoms with Gasteiger partial charge in [-0.05, 0) is 54.7 Å². The Hall–Kier alpha value is -3.99. The highest BCUT2D eigenvalue weighted by Gasteiger charge is 2.28. The van der Waals surface area contributed by atoms with Gasteiger partial charge >= 0.3 is 0 Å². The van der Waals surface area contributed by atoms with Gasteiger partial charge in [-0.3, -0.25) is 9.78 Å². The number of carbonyl (C=O) groups excluding carboxylic acids is 1. The first kappa shape index (κ1) is 22.2. The molecule has 2 aromatic heterocycles. The van der Waals surface area contributed by atoms with Crippen LogP contribution in [0.4, 0.5) is 16.0 Å². The van der Waals surface area contributed by atoms with Crippen LogP contribution in [0.2, 0.25) is 0 Å². The number of nitrogens with two attached hydrogens (primary N) is 1. The first-order valence-corrected chi connectivity index (χ1v) is 10.9. The van der Waals surface area contributed by atoms with Crippen LogP contribution in [0.15, 0.2) is 54.9 Å². The quantitative estimate of drug-likeness (QED) is 0.552. The lowest BCUT2D eigenvalue weighted by molar-refractivity contribution is -0.118. The van der Waals surface area contributed by atoms with Crippen molar-refractivity contribution in [3.8, 4) is 6.07 Å². The highest BCUT2D eigenvalue weighted by Crippen LogP contribution is 2.34. The molecule has 3 heterocycles. The molecule has 1 aliphatic heterocycles. The van der Waals surface area contributed by atoms with Gasteiger partial charge in [-0.15, -0.1) is 0 Å². The van der Waals surface area contributed by atoms with Gasteiger partial charge in [0.25, 0.3) is 0 Å². The Morgan fingerprint density at radius 1 is 1.24 bits per heavy atom. The van der Waals surface area contributed by atoms with E-state index < -0.39 is 11.8 Å². The number of benzene rings is 1. The van der Waals surface area contributed by atoms with Gasteiger partial charge in [0, 0.05) is 37.6 Å². The van der Waals surface area contributed by atoms with Crippen LogP contribution in [0.25, 0.3) is 0 Å². The molecular formula is C25H25FN6O. The summed E-state index contributed by atoms with van der Waals surface area (Å²) in [4.78, 5) is 23.5. The number of hydrogen-bond acceptors (Lipinski definition) is 6. The zero-order valence-corrected chi connectivity index (χ0v) is 18.2. The second kappa shape index (κ2) is 10.1. The highest BCUT2D eigenvalue weighted by atomic mass is 19.1. The average molecular weight is 445 g/mol. The van der Waals surface area contributed by atoms with Crippen LogP contribution in [0.1, 0.15) is 41.0 Å². The number of primary amides is 1. The van der Waals surface area contributed by atoms with Crippen molar-refractivity contribution in [2.45, 2.75) is 25.2 Å². The third-order valence-corrected chi connectivity index (χ3v) is 5.77. The van der Waals surface area contributed by atoms with Gasteiger partial charge in [-0.25, -0.2) is 9.37 Å². The molecule has 33 heavy (non-hydrogen) atoms. The van der Waals surface area contributed by atoms with Crippen LogP contribution in [-0.4, -0.2) is 35.5 Å². The van der Waals surface area contributed by atoms with Crippen LogP contribution < -0.4 is 16.0 Å². The normalized spacial score (nSPS) is 14.0. The van der Waals surface area contributed by atoms with E-state index in [4.69, 9.17) is 10.7 Å². The Morgan fingerprint density at radius 2 is 2.06 bits per heavy atom. The Kier molecular flexibility index (Phi) is 6.79. The Bertz CT molecular complexity index is 1170. The summed E-state index contributed by atoms with van der Waals surface area (Å²) in [6.45, 7) is 2.12. The zero-order valence-electron chi connectivity index (χ0n) is 18.2. The van der Waals surface area contributed by atoms with Crippen LogP contribution in [0.3, 0.4) is 0 Å². The van der Waals surface area contributed by atoms with Gasteiger partial charge in [-0.1, -0.05) is 18.2 Å². The number of nitrogens with one attached hydrogen (secondary N) is 1. The predicted molar refractivity (Wildman–Crippen MR) is 124 cm³/mol. The van der Waals surface area contributed by atoms with Gasteiger partial charge in [-0.2, -0.15) is 5.26 Å². The monoisotopic (exact) mass is 444 g/mol. The summed E-state index contributed by atoms with van der Waals surface area (Å²) in [6.07, 6.45) is 5.85. The predicted octanol–water partition coefficient (Wildman–Crippen LogP) is 3.36. The molecule has 3 aromatic rings. The van der Waals surface area contributed by atoms with Gasteiger partial charge in [0.05, 0.1) is 11.5 Å². The van der Waals surface area contributed by atoms with E-state index in [-0.39, 0.29) is 5.82 Å². The van der Waals surface area contributed by atoms with Crippen molar-refractivity contribution in [1.82, 2.24) is 9.97 Å². The van der Waals surface area contributed by atoms with Gasteiger partial charge < -0.3 is 16.0 Å². The van der Waals surface area contributed by atoms with Crippen LogP contribution >= 0.6 is 0 Å². The van der Waals surface area contributed by atoms with E-state index >= 15 is 0 Å². The Labute approximate surface area is 192 Å². The molecule has 1 aliphatic rings. The maximum absolute atomic E-state index is 13.5. The fraction of sp³-hybridized carbons (Fsp3) is 0.280. The average Bonchev–Trinajstić information content (AvgIpc) is 3.35. The topological polar surface area (TPSA) is 108 Å². The number of nitrogens with zero attached hydrogens (tertiary/aromatic N) is 4. The molecule has 3 N–H and O–H groups in total. The molecule has 8 heteroatoms. The summed E-state index contributed by atoms with van der Waals surface area (Å²) in [5.74, 6) is -0.578. The summed E-state index contributed by atoms with van der Waals surface area (Å²) < 4.78 is 13.5. The molecule has 1 fully saturated rings. The fourth-order valence-electron chi connectivity index (χ4n) is 4.19. The molecule has 1 amide bonds. The molecule has 1 aromatic carbocycles. The molecule has 1 unspecified atom stereocenters. The number of anilines is 2. The van der Waals surface area contributed by atoms with E-state index in [1.165, 1.54) is 12.1 Å². The number of carbonyl (C=O) groups is 1. The third kappa shape index (κ3) is 5.09. The van der Waals surface area contributed by atoms with Crippen LogP contribution in [0, 0.1) is 17.1 Å². The van der Waals surface area contributed by atoms with Crippen molar-refractivity contribution < 1.29 is 9.18 Å². The highest BCUT2D eigenvalue weighted by molar-refractivity contribution is 5.87. The molecule has 0 bridgehead atoms. The maximum Gasteiger partial charge on any atom is 0.229 e. The molecule has 0 saturated carbocycles. The standard InChI is InChI=1S/C25H25FN6O/c26-20-7-3-5-17(13-20)8-10-30-24-21(22(23(28)33)18-6-4-9-29-16-18)14-19(15-27)25(31-24)32-11-1-2-12-32/h3-7,9,13-14,16,22H,1-2,8,10-12H2,(H2,28,33)(H,30,31). The van der Waals surface area contributed by atoms with E-state index in [1.54, 1.807) is 36.7 Å². The molecule has 0 spiro atoms. The molecular weight excluding hydrogens is 419 g/mol. The first-order chi connectivity index (χ1) is 16.1. The number of rotatable bonds is 8. The summed E-state index contributed by atoms with van der Waals surface area (Å²) in [5, 5.41) is 13.1. The number of hydrogen-bond donors (Lipinski definition) is 2. The maximum atomic E-state index is 13.5. The van der Waals surface area contributed by atoms with Gasteiger partial charge in [0.2, 0.25) is 5.91 Å². The molecule has 0 radical (unpaired) electrons. The number of aromatic nitrogens is 2. The lowest BCUT2D eigenvalue weighted by atomic mass is 9.91. The van der Waals surface area contributed by atoms with Gasteiger partial charge in [0.15, 0.2) is 0 Å². The first-order valence-electron chi connectivity index (χ1n) is 10.9. The smallest absolute Gasteiger partial charge is 0.229 e. The number of nitriles is 1. The van der Waals surface area contributed by atoms with Crippen molar-refractivity contribution in [2.24, 2.45) is 5.73 Å². The molecule has 4 rings (SSSR count). The number of amides is 1. The Morgan fingerprint density at radius 3 is 2.73 bits per heavy atom. The minimum atomic E-state index is -0.817. The van der Waals surface area contributed by atoms with E-state index in [9.17, 15) is 14.4 Å². The number of pyridine rings is 2. The van der Waals surface area contributed by atoms with Crippen molar-refractivity contribution in [2.75, 3.05) is 29.9 Å². The molecule has 0 aliphatic carbocycles. The largest absolute Gasteiger partial charge is 0.369 e. The zero-order chi connectivity index (χ0) is 23.2. The lowest BCUT2D eigenvalue weighted by Gasteiger charge is -2.23. The Balaban J connectivity index is 1.73. The van der Waals surface area contributed by atoms with Crippen LogP contribution in [-0.2, 0) is 11.2 Å². The molecule has 168 valence electrons. The summed E-state index contributed by atoms with van der Waals surface area (Å²) in [6, 6.07) is 13.9. The lowest BCUT2D eigenvalue weighted by Crippen LogP contribution is -2.26. The van der Waals surface area contributed by atoms with E-state index in [0.29, 0.717) is 41.3 Å². The number of halogens is 1. The SMILES string of the molecule is N#Cc1cc(C(C(N)=O)c2cccnc2)c(NCCc2cccc(F)c2)nc1N1CCCC1. The van der Waals surface area contributed by atoms with Crippen LogP contribution in [0.5, 0.6) is 0 Å². The van der Waals surface area contributed by atoms with Crippen molar-refractivity contribution in [1.29, 1.82) is 5.26 Å². The fourth-order valence-corrected chi connectivity index (χ4v) is 4.19. The molecule has 7 nitrogen and oxygen atoms in total. The molecule has 1 saturated heterocycles. The van der Waals surface area contributed by atoms with Crippen molar-refractivity contribution >= 4 is 17.5 Å². The minimum Gasteiger partial charge on any atom is -0.369 e. The minimum absolute atomic E-state index is 0.286. The van der Waals surface area contributed by atoms with E-state index in [2.05, 4.69) is 21.3 Å². The third-order valence-electron chi connectivity index (χ3n) is 5.77. The summed E-state index contributed by atoms with van der Waals surface area (Å²) in [5.41, 5.74) is 8.19. The van der Waals surface area contributed by atoms with Crippen molar-refractivity contribution in [3.05, 3.63) is 82.9 Å².